The SMILES string of the molecule is NC(=O)C1CCN(c2ncc3c(=O)c(C(=O)NCCN4CCOCC4)c4sc5ccccc5n4c3n2)CC1. The van der Waals surface area contributed by atoms with Crippen LogP contribution in [-0.2, 0) is 9.53 Å². The van der Waals surface area contributed by atoms with Gasteiger partial charge >= 0.3 is 0 Å². The fourth-order valence-electron chi connectivity index (χ4n) is 5.24. The molecule has 0 unspecified atom stereocenters. The zero-order valence-corrected chi connectivity index (χ0v) is 21.7. The number of amides is 2. The molecular weight excluding hydrogens is 506 g/mol. The lowest BCUT2D eigenvalue weighted by Crippen LogP contribution is -2.42. The Hall–Kier alpha value is -3.61. The summed E-state index contributed by atoms with van der Waals surface area (Å²) >= 11 is 1.40. The van der Waals surface area contributed by atoms with E-state index >= 15 is 0 Å². The number of rotatable bonds is 6. The summed E-state index contributed by atoms with van der Waals surface area (Å²) in [4.78, 5) is 52.8. The van der Waals surface area contributed by atoms with Gasteiger partial charge in [0.2, 0.25) is 17.3 Å². The van der Waals surface area contributed by atoms with Crippen LogP contribution in [0.3, 0.4) is 0 Å². The van der Waals surface area contributed by atoms with Crippen molar-refractivity contribution in [1.29, 1.82) is 0 Å². The zero-order chi connectivity index (χ0) is 26.2. The van der Waals surface area contributed by atoms with Crippen LogP contribution in [-0.4, -0.2) is 83.6 Å². The van der Waals surface area contributed by atoms with Gasteiger partial charge in [0.1, 0.15) is 10.4 Å². The number of nitrogens with two attached hydrogens (primary N) is 1. The average molecular weight is 536 g/mol. The second kappa shape index (κ2) is 10.3. The molecule has 6 rings (SSSR count). The van der Waals surface area contributed by atoms with E-state index in [2.05, 4.69) is 15.2 Å². The summed E-state index contributed by atoms with van der Waals surface area (Å²) in [7, 11) is 0. The van der Waals surface area contributed by atoms with Crippen molar-refractivity contribution in [2.75, 3.05) is 57.4 Å². The highest BCUT2D eigenvalue weighted by molar-refractivity contribution is 7.24. The smallest absolute Gasteiger partial charge is 0.258 e. The molecule has 5 heterocycles. The molecule has 198 valence electrons. The maximum atomic E-state index is 13.7. The number of pyridine rings is 1. The number of morpholine rings is 1. The molecule has 2 fully saturated rings. The van der Waals surface area contributed by atoms with Crippen molar-refractivity contribution in [1.82, 2.24) is 24.6 Å². The number of piperidine rings is 1. The fraction of sp³-hybridized carbons (Fsp3) is 0.423. The Morgan fingerprint density at radius 2 is 1.89 bits per heavy atom. The molecule has 2 saturated heterocycles. The number of hydrogen-bond acceptors (Lipinski definition) is 9. The van der Waals surface area contributed by atoms with Crippen molar-refractivity contribution >= 4 is 55.2 Å². The van der Waals surface area contributed by atoms with Gasteiger partial charge in [0.15, 0.2) is 5.65 Å². The second-order valence-corrected chi connectivity index (χ2v) is 10.7. The minimum Gasteiger partial charge on any atom is -0.379 e. The van der Waals surface area contributed by atoms with E-state index in [0.717, 1.165) is 23.3 Å². The van der Waals surface area contributed by atoms with Gasteiger partial charge in [-0.2, -0.15) is 4.98 Å². The summed E-state index contributed by atoms with van der Waals surface area (Å²) in [6, 6.07) is 7.80. The standard InChI is InChI=1S/C26H29N7O4S/c27-22(35)16-5-8-32(9-6-16)26-29-15-17-21(34)20(24(36)28-7-10-31-11-13-37-14-12-31)25-33(23(17)30-26)18-3-1-2-4-19(18)38-25/h1-4,15-16H,5-14H2,(H2,27,35)(H,28,36). The summed E-state index contributed by atoms with van der Waals surface area (Å²) in [5.74, 6) is -0.331. The summed E-state index contributed by atoms with van der Waals surface area (Å²) in [6.45, 7) is 5.36. The first-order chi connectivity index (χ1) is 18.5. The molecule has 11 nitrogen and oxygen atoms in total. The lowest BCUT2D eigenvalue weighted by atomic mass is 9.96. The number of thiazole rings is 1. The molecule has 0 spiro atoms. The lowest BCUT2D eigenvalue weighted by molar-refractivity contribution is -0.122. The highest BCUT2D eigenvalue weighted by Crippen LogP contribution is 2.31. The minimum atomic E-state index is -0.396. The van der Waals surface area contributed by atoms with E-state index < -0.39 is 5.91 Å². The van der Waals surface area contributed by atoms with Crippen LogP contribution in [0.15, 0.2) is 35.3 Å². The monoisotopic (exact) mass is 535 g/mol. The van der Waals surface area contributed by atoms with Crippen molar-refractivity contribution in [3.05, 3.63) is 46.2 Å². The molecule has 0 atom stereocenters. The van der Waals surface area contributed by atoms with E-state index in [0.29, 0.717) is 74.0 Å². The average Bonchev–Trinajstić information content (AvgIpc) is 3.33. The molecule has 3 N–H and O–H groups in total. The van der Waals surface area contributed by atoms with E-state index in [1.807, 2.05) is 33.6 Å². The molecule has 2 aliphatic heterocycles. The second-order valence-electron chi connectivity index (χ2n) is 9.70. The molecule has 2 aliphatic rings. The third-order valence-electron chi connectivity index (χ3n) is 7.39. The van der Waals surface area contributed by atoms with Crippen molar-refractivity contribution < 1.29 is 14.3 Å². The molecule has 0 aliphatic carbocycles. The number of benzene rings is 1. The number of carbonyl (C=O) groups excluding carboxylic acids is 2. The van der Waals surface area contributed by atoms with Crippen LogP contribution in [0.2, 0.25) is 0 Å². The Balaban J connectivity index is 1.39. The van der Waals surface area contributed by atoms with E-state index in [-0.39, 0.29) is 22.8 Å². The fourth-order valence-corrected chi connectivity index (χ4v) is 6.43. The van der Waals surface area contributed by atoms with Crippen molar-refractivity contribution in [2.45, 2.75) is 12.8 Å². The van der Waals surface area contributed by atoms with Crippen molar-refractivity contribution in [3.8, 4) is 0 Å². The predicted octanol–water partition coefficient (Wildman–Crippen LogP) is 1.22. The van der Waals surface area contributed by atoms with Gasteiger partial charge in [-0.3, -0.25) is 23.7 Å². The van der Waals surface area contributed by atoms with Gasteiger partial charge in [-0.05, 0) is 25.0 Å². The normalized spacial score (nSPS) is 17.4. The van der Waals surface area contributed by atoms with E-state index in [9.17, 15) is 14.4 Å². The Morgan fingerprint density at radius 1 is 1.13 bits per heavy atom. The number of nitrogens with zero attached hydrogens (tertiary/aromatic N) is 5. The first-order valence-electron chi connectivity index (χ1n) is 12.9. The maximum absolute atomic E-state index is 13.7. The number of primary amides is 1. The van der Waals surface area contributed by atoms with Gasteiger partial charge in [0.25, 0.3) is 5.91 Å². The Kier molecular flexibility index (Phi) is 6.68. The Labute approximate surface area is 222 Å². The minimum absolute atomic E-state index is 0.110. The maximum Gasteiger partial charge on any atom is 0.258 e. The molecule has 4 aromatic rings. The summed E-state index contributed by atoms with van der Waals surface area (Å²) < 4.78 is 8.23. The van der Waals surface area contributed by atoms with Gasteiger partial charge in [0, 0.05) is 51.4 Å². The molecule has 12 heteroatoms. The van der Waals surface area contributed by atoms with Crippen LogP contribution in [0.4, 0.5) is 5.95 Å². The highest BCUT2D eigenvalue weighted by atomic mass is 32.1. The first kappa shape index (κ1) is 24.7. The predicted molar refractivity (Wildman–Crippen MR) is 146 cm³/mol. The lowest BCUT2D eigenvalue weighted by Gasteiger charge is -2.30. The summed E-state index contributed by atoms with van der Waals surface area (Å²) in [5, 5.41) is 3.24. The van der Waals surface area contributed by atoms with Crippen LogP contribution < -0.4 is 21.4 Å². The zero-order valence-electron chi connectivity index (χ0n) is 20.9. The number of anilines is 1. The topological polar surface area (TPSA) is 135 Å². The van der Waals surface area contributed by atoms with Crippen LogP contribution >= 0.6 is 11.3 Å². The molecular formula is C26H29N7O4S. The molecule has 0 bridgehead atoms. The molecule has 3 aromatic heterocycles. The summed E-state index contributed by atoms with van der Waals surface area (Å²) in [6.07, 6.45) is 2.79. The van der Waals surface area contributed by atoms with Crippen molar-refractivity contribution in [3.63, 3.8) is 0 Å². The molecule has 2 amide bonds. The third-order valence-corrected chi connectivity index (χ3v) is 8.54. The van der Waals surface area contributed by atoms with E-state index in [1.165, 1.54) is 17.5 Å². The summed E-state index contributed by atoms with van der Waals surface area (Å²) in [5.41, 5.74) is 6.56. The molecule has 1 aromatic carbocycles. The van der Waals surface area contributed by atoms with Gasteiger partial charge in [0.05, 0.1) is 28.8 Å². The highest BCUT2D eigenvalue weighted by Gasteiger charge is 2.27. The third kappa shape index (κ3) is 4.48. The van der Waals surface area contributed by atoms with Crippen molar-refractivity contribution in [2.24, 2.45) is 11.7 Å². The van der Waals surface area contributed by atoms with Crippen LogP contribution in [0.5, 0.6) is 0 Å². The number of carbonyl (C=O) groups is 2. The van der Waals surface area contributed by atoms with Gasteiger partial charge in [-0.15, -0.1) is 11.3 Å². The number of fused-ring (bicyclic) bond motifs is 5. The molecule has 0 radical (unpaired) electrons. The van der Waals surface area contributed by atoms with Gasteiger partial charge < -0.3 is 20.7 Å². The number of hydrogen-bond donors (Lipinski definition) is 2. The number of aromatic nitrogens is 3. The van der Waals surface area contributed by atoms with Crippen LogP contribution in [0.25, 0.3) is 26.1 Å². The molecule has 38 heavy (non-hydrogen) atoms. The van der Waals surface area contributed by atoms with E-state index in [1.54, 1.807) is 0 Å². The van der Waals surface area contributed by atoms with Crippen LogP contribution in [0, 0.1) is 5.92 Å². The largest absolute Gasteiger partial charge is 0.379 e. The van der Waals surface area contributed by atoms with E-state index in [4.69, 9.17) is 15.5 Å². The Morgan fingerprint density at radius 3 is 2.66 bits per heavy atom. The number of ether oxygens (including phenoxy) is 1. The first-order valence-corrected chi connectivity index (χ1v) is 13.7. The van der Waals surface area contributed by atoms with Gasteiger partial charge in [-0.1, -0.05) is 12.1 Å². The molecule has 0 saturated carbocycles. The Bertz CT molecular complexity index is 1590. The van der Waals surface area contributed by atoms with Crippen LogP contribution in [0.1, 0.15) is 23.2 Å². The quantitative estimate of drug-likeness (QED) is 0.376. The number of nitrogens with one attached hydrogen (secondary N) is 1. The van der Waals surface area contributed by atoms with Gasteiger partial charge in [-0.25, -0.2) is 4.98 Å². The number of para-hydroxylation sites is 1.